The van der Waals surface area contributed by atoms with E-state index in [9.17, 15) is 4.79 Å². The van der Waals surface area contributed by atoms with Crippen molar-refractivity contribution in [2.45, 2.75) is 19.1 Å². The Kier molecular flexibility index (Phi) is 4.07. The van der Waals surface area contributed by atoms with E-state index in [-0.39, 0.29) is 0 Å². The fourth-order valence-electron chi connectivity index (χ4n) is 0.960. The van der Waals surface area contributed by atoms with Crippen LogP contribution in [-0.2, 0) is 9.53 Å². The average Bonchev–Trinajstić information content (AvgIpc) is 1.85. The molecule has 0 fully saturated rings. The van der Waals surface area contributed by atoms with Crippen LogP contribution >= 0.6 is 0 Å². The molecule has 0 aromatic rings. The van der Waals surface area contributed by atoms with E-state index < -0.39 is 18.1 Å². The fourth-order valence-corrected chi connectivity index (χ4v) is 0.960. The van der Waals surface area contributed by atoms with Crippen molar-refractivity contribution in [1.82, 2.24) is 4.90 Å². The summed E-state index contributed by atoms with van der Waals surface area (Å²) in [5.74, 6) is -0.412. The topological polar surface area (TPSA) is 49.8 Å². The SMILES string of the molecule is COC(=O)[C@H]([C@H](C)O)N(C)C. The maximum Gasteiger partial charge on any atom is 0.325 e. The van der Waals surface area contributed by atoms with Gasteiger partial charge in [-0.05, 0) is 21.0 Å². The second kappa shape index (κ2) is 4.31. The number of aliphatic hydroxyl groups excluding tert-OH is 1. The predicted octanol–water partition coefficient (Wildman–Crippen LogP) is -0.530. The molecule has 1 N–H and O–H groups in total. The smallest absolute Gasteiger partial charge is 0.325 e. The Morgan fingerprint density at radius 3 is 2.09 bits per heavy atom. The molecule has 0 amide bonds. The molecule has 4 heteroatoms. The van der Waals surface area contributed by atoms with Crippen LogP contribution in [0.1, 0.15) is 6.92 Å². The normalized spacial score (nSPS) is 16.2. The molecule has 0 spiro atoms. The highest BCUT2D eigenvalue weighted by Crippen LogP contribution is 2.01. The van der Waals surface area contributed by atoms with Gasteiger partial charge in [0, 0.05) is 0 Å². The van der Waals surface area contributed by atoms with Crippen molar-refractivity contribution >= 4 is 5.97 Å². The molecule has 0 aliphatic rings. The van der Waals surface area contributed by atoms with Gasteiger partial charge in [-0.3, -0.25) is 9.69 Å². The number of nitrogens with zero attached hydrogens (tertiary/aromatic N) is 1. The molecule has 0 rings (SSSR count). The highest BCUT2D eigenvalue weighted by molar-refractivity contribution is 5.76. The van der Waals surface area contributed by atoms with Crippen LogP contribution in [0.2, 0.25) is 0 Å². The lowest BCUT2D eigenvalue weighted by Gasteiger charge is -2.23. The molecule has 0 saturated heterocycles. The number of aliphatic hydroxyl groups is 1. The molecule has 0 unspecified atom stereocenters. The number of carbonyl (C=O) groups is 1. The Labute approximate surface area is 66.8 Å². The van der Waals surface area contributed by atoms with Crippen LogP contribution < -0.4 is 0 Å². The minimum atomic E-state index is -0.711. The van der Waals surface area contributed by atoms with Crippen LogP contribution in [0.3, 0.4) is 0 Å². The largest absolute Gasteiger partial charge is 0.468 e. The third-order valence-corrected chi connectivity index (χ3v) is 1.46. The van der Waals surface area contributed by atoms with E-state index in [0.717, 1.165) is 0 Å². The van der Waals surface area contributed by atoms with Gasteiger partial charge in [-0.25, -0.2) is 0 Å². The van der Waals surface area contributed by atoms with Gasteiger partial charge in [0.2, 0.25) is 0 Å². The number of carbonyl (C=O) groups excluding carboxylic acids is 1. The summed E-state index contributed by atoms with van der Waals surface area (Å²) in [6.45, 7) is 1.56. The van der Waals surface area contributed by atoms with Crippen molar-refractivity contribution in [2.24, 2.45) is 0 Å². The zero-order valence-electron chi connectivity index (χ0n) is 7.37. The zero-order valence-corrected chi connectivity index (χ0v) is 7.37. The van der Waals surface area contributed by atoms with E-state index >= 15 is 0 Å². The summed E-state index contributed by atoms with van der Waals surface area (Å²) < 4.78 is 4.49. The van der Waals surface area contributed by atoms with Gasteiger partial charge in [-0.2, -0.15) is 0 Å². The van der Waals surface area contributed by atoms with Crippen molar-refractivity contribution in [3.63, 3.8) is 0 Å². The van der Waals surface area contributed by atoms with E-state index in [2.05, 4.69) is 4.74 Å². The predicted molar refractivity (Wildman–Crippen MR) is 41.2 cm³/mol. The highest BCUT2D eigenvalue weighted by atomic mass is 16.5. The zero-order chi connectivity index (χ0) is 9.02. The Bertz CT molecular complexity index is 126. The van der Waals surface area contributed by atoms with Crippen LogP contribution in [0.15, 0.2) is 0 Å². The first-order chi connectivity index (χ1) is 5.00. The molecule has 66 valence electrons. The van der Waals surface area contributed by atoms with Crippen LogP contribution in [0.25, 0.3) is 0 Å². The third kappa shape index (κ3) is 2.86. The van der Waals surface area contributed by atoms with Gasteiger partial charge in [0.25, 0.3) is 0 Å². The molecule has 0 bridgehead atoms. The summed E-state index contributed by atoms with van der Waals surface area (Å²) in [7, 11) is 4.74. The summed E-state index contributed by atoms with van der Waals surface area (Å²) in [4.78, 5) is 12.6. The average molecular weight is 161 g/mol. The summed E-state index contributed by atoms with van der Waals surface area (Å²) in [6, 6.07) is -0.569. The summed E-state index contributed by atoms with van der Waals surface area (Å²) in [5.41, 5.74) is 0. The number of rotatable bonds is 3. The van der Waals surface area contributed by atoms with Gasteiger partial charge in [-0.15, -0.1) is 0 Å². The Balaban J connectivity index is 4.22. The molecule has 0 aromatic carbocycles. The van der Waals surface area contributed by atoms with Crippen LogP contribution in [-0.4, -0.2) is 49.3 Å². The van der Waals surface area contributed by atoms with Gasteiger partial charge in [-0.1, -0.05) is 0 Å². The number of methoxy groups -OCH3 is 1. The molecule has 0 saturated carbocycles. The van der Waals surface area contributed by atoms with E-state index in [1.54, 1.807) is 25.9 Å². The molecular formula is C7H15NO3. The minimum absolute atomic E-state index is 0.412. The first kappa shape index (κ1) is 10.4. The first-order valence-corrected chi connectivity index (χ1v) is 3.43. The molecular weight excluding hydrogens is 146 g/mol. The molecule has 11 heavy (non-hydrogen) atoms. The van der Waals surface area contributed by atoms with Gasteiger partial charge in [0.1, 0.15) is 6.04 Å². The number of likely N-dealkylation sites (N-methyl/N-ethyl adjacent to an activating group) is 1. The quantitative estimate of drug-likeness (QED) is 0.565. The number of ether oxygens (including phenoxy) is 1. The van der Waals surface area contributed by atoms with Crippen molar-refractivity contribution < 1.29 is 14.6 Å². The lowest BCUT2D eigenvalue weighted by atomic mass is 10.2. The molecule has 0 aliphatic carbocycles. The Hall–Kier alpha value is -0.610. The van der Waals surface area contributed by atoms with Crippen LogP contribution in [0.4, 0.5) is 0 Å². The second-order valence-corrected chi connectivity index (χ2v) is 2.67. The number of hydrogen-bond acceptors (Lipinski definition) is 4. The van der Waals surface area contributed by atoms with E-state index in [0.29, 0.717) is 0 Å². The monoisotopic (exact) mass is 161 g/mol. The van der Waals surface area contributed by atoms with Crippen molar-refractivity contribution in [3.05, 3.63) is 0 Å². The standard InChI is InChI=1S/C7H15NO3/c1-5(9)6(8(2)3)7(10)11-4/h5-6,9H,1-4H3/t5-,6-/m0/s1. The molecule has 4 nitrogen and oxygen atoms in total. The molecule has 2 atom stereocenters. The second-order valence-electron chi connectivity index (χ2n) is 2.67. The minimum Gasteiger partial charge on any atom is -0.468 e. The van der Waals surface area contributed by atoms with Gasteiger partial charge in [0.05, 0.1) is 13.2 Å². The lowest BCUT2D eigenvalue weighted by molar-refractivity contribution is -0.149. The Morgan fingerprint density at radius 1 is 1.55 bits per heavy atom. The van der Waals surface area contributed by atoms with Crippen molar-refractivity contribution in [1.29, 1.82) is 0 Å². The van der Waals surface area contributed by atoms with Crippen LogP contribution in [0.5, 0.6) is 0 Å². The molecule has 0 aliphatic heterocycles. The summed E-state index contributed by atoms with van der Waals surface area (Å²) in [6.07, 6.45) is -0.711. The van der Waals surface area contributed by atoms with Crippen LogP contribution in [0, 0.1) is 0 Å². The summed E-state index contributed by atoms with van der Waals surface area (Å²) >= 11 is 0. The summed E-state index contributed by atoms with van der Waals surface area (Å²) in [5, 5.41) is 9.14. The maximum absolute atomic E-state index is 11.0. The Morgan fingerprint density at radius 2 is 2.00 bits per heavy atom. The first-order valence-electron chi connectivity index (χ1n) is 3.43. The van der Waals surface area contributed by atoms with Gasteiger partial charge in [0.15, 0.2) is 0 Å². The molecule has 0 aromatic heterocycles. The van der Waals surface area contributed by atoms with Gasteiger partial charge < -0.3 is 9.84 Å². The maximum atomic E-state index is 11.0. The lowest BCUT2D eigenvalue weighted by Crippen LogP contribution is -2.44. The number of hydrogen-bond donors (Lipinski definition) is 1. The van der Waals surface area contributed by atoms with E-state index in [1.807, 2.05) is 0 Å². The van der Waals surface area contributed by atoms with Crippen molar-refractivity contribution in [2.75, 3.05) is 21.2 Å². The van der Waals surface area contributed by atoms with Gasteiger partial charge >= 0.3 is 5.97 Å². The van der Waals surface area contributed by atoms with E-state index in [1.165, 1.54) is 7.11 Å². The van der Waals surface area contributed by atoms with E-state index in [4.69, 9.17) is 5.11 Å². The number of esters is 1. The highest BCUT2D eigenvalue weighted by Gasteiger charge is 2.26. The molecule has 0 heterocycles. The van der Waals surface area contributed by atoms with Crippen molar-refractivity contribution in [3.8, 4) is 0 Å². The molecule has 0 radical (unpaired) electrons. The fraction of sp³-hybridized carbons (Fsp3) is 0.857. The third-order valence-electron chi connectivity index (χ3n) is 1.46.